The number of nitrogens with zero attached hydrogens (tertiary/aromatic N) is 2. The van der Waals surface area contributed by atoms with Gasteiger partial charge < -0.3 is 9.67 Å². The first kappa shape index (κ1) is 20.2. The van der Waals surface area contributed by atoms with E-state index in [0.29, 0.717) is 5.39 Å². The molecule has 0 amide bonds. The third kappa shape index (κ3) is 3.59. The first-order valence-corrected chi connectivity index (χ1v) is 11.2. The maximum Gasteiger partial charge on any atom is 0.324 e. The molecule has 0 unspecified atom stereocenters. The molecule has 1 aromatic carbocycles. The summed E-state index contributed by atoms with van der Waals surface area (Å²) < 4.78 is 23.2. The maximum atomic E-state index is 12.8. The Morgan fingerprint density at radius 1 is 1.32 bits per heavy atom. The van der Waals surface area contributed by atoms with Crippen LogP contribution in [0.1, 0.15) is 18.2 Å². The van der Waals surface area contributed by atoms with Crippen molar-refractivity contribution in [1.29, 1.82) is 0 Å². The van der Waals surface area contributed by atoms with E-state index in [9.17, 15) is 23.1 Å². The molecule has 2 aromatic heterocycles. The lowest BCUT2D eigenvalue weighted by Gasteiger charge is -2.23. The second-order valence-electron chi connectivity index (χ2n) is 6.95. The lowest BCUT2D eigenvalue weighted by atomic mass is 10.1. The van der Waals surface area contributed by atoms with E-state index in [1.165, 1.54) is 11.5 Å². The Bertz CT molecular complexity index is 1230. The standard InChI is InChI=1S/C19H20N2O5S2/c1-12-11-20-16(27-12)14-4-5-15-13(10-14)6-8-21(17(15)22)9-7-19(2,18(23)24)28(3,25)26/h4-6,8,10-11H,7,9H2,1-3H3,(H,23,24)/t19-/m1/s1. The Hall–Kier alpha value is -2.52. The summed E-state index contributed by atoms with van der Waals surface area (Å²) in [7, 11) is -3.84. The van der Waals surface area contributed by atoms with Gasteiger partial charge in [0.1, 0.15) is 5.01 Å². The lowest BCUT2D eigenvalue weighted by Crippen LogP contribution is -2.44. The summed E-state index contributed by atoms with van der Waals surface area (Å²) in [5.41, 5.74) is 0.624. The summed E-state index contributed by atoms with van der Waals surface area (Å²) in [6.07, 6.45) is 4.05. The van der Waals surface area contributed by atoms with Crippen molar-refractivity contribution in [2.24, 2.45) is 0 Å². The van der Waals surface area contributed by atoms with Crippen molar-refractivity contribution >= 4 is 37.9 Å². The molecule has 3 rings (SSSR count). The molecular formula is C19H20N2O5S2. The number of rotatable bonds is 6. The van der Waals surface area contributed by atoms with Crippen LogP contribution in [0, 0.1) is 6.92 Å². The highest BCUT2D eigenvalue weighted by Crippen LogP contribution is 2.27. The van der Waals surface area contributed by atoms with Gasteiger partial charge in [0.15, 0.2) is 14.6 Å². The number of carboxylic acid groups (broad SMARTS) is 1. The van der Waals surface area contributed by atoms with Gasteiger partial charge in [-0.2, -0.15) is 0 Å². The van der Waals surface area contributed by atoms with E-state index >= 15 is 0 Å². The van der Waals surface area contributed by atoms with Crippen molar-refractivity contribution in [3.8, 4) is 10.6 Å². The number of aliphatic carboxylic acids is 1. The molecule has 0 saturated carbocycles. The topological polar surface area (TPSA) is 106 Å². The molecule has 2 heterocycles. The van der Waals surface area contributed by atoms with E-state index in [2.05, 4.69) is 4.98 Å². The fraction of sp³-hybridized carbons (Fsp3) is 0.316. The van der Waals surface area contributed by atoms with Gasteiger partial charge in [0.05, 0.1) is 0 Å². The molecule has 0 aliphatic rings. The third-order valence-corrected chi connectivity index (χ3v) is 7.92. The van der Waals surface area contributed by atoms with Crippen LogP contribution in [-0.4, -0.2) is 40.0 Å². The zero-order valence-corrected chi connectivity index (χ0v) is 17.3. The molecule has 0 fully saturated rings. The number of carboxylic acids is 1. The number of thiazole rings is 1. The molecule has 28 heavy (non-hydrogen) atoms. The lowest BCUT2D eigenvalue weighted by molar-refractivity contribution is -0.139. The fourth-order valence-corrected chi connectivity index (χ4v) is 4.41. The van der Waals surface area contributed by atoms with Gasteiger partial charge in [-0.25, -0.2) is 13.4 Å². The van der Waals surface area contributed by atoms with Crippen LogP contribution in [-0.2, 0) is 21.2 Å². The highest BCUT2D eigenvalue weighted by molar-refractivity contribution is 7.92. The molecule has 0 radical (unpaired) electrons. The zero-order valence-electron chi connectivity index (χ0n) is 15.7. The van der Waals surface area contributed by atoms with Crippen molar-refractivity contribution in [3.05, 3.63) is 51.9 Å². The van der Waals surface area contributed by atoms with Gasteiger partial charge in [-0.15, -0.1) is 11.3 Å². The average Bonchev–Trinajstić information content (AvgIpc) is 3.06. The van der Waals surface area contributed by atoms with E-state index in [4.69, 9.17) is 0 Å². The summed E-state index contributed by atoms with van der Waals surface area (Å²) in [5, 5.41) is 11.5. The SMILES string of the molecule is Cc1cnc(-c2ccc3c(=O)n(CC[C@](C)(C(=O)O)S(C)(=O)=O)ccc3c2)s1. The molecule has 0 bridgehead atoms. The second-order valence-corrected chi connectivity index (χ2v) is 10.6. The molecule has 0 saturated heterocycles. The smallest absolute Gasteiger partial charge is 0.324 e. The highest BCUT2D eigenvalue weighted by Gasteiger charge is 2.43. The monoisotopic (exact) mass is 420 g/mol. The predicted molar refractivity (Wildman–Crippen MR) is 110 cm³/mol. The van der Waals surface area contributed by atoms with Gasteiger partial charge in [-0.1, -0.05) is 6.07 Å². The highest BCUT2D eigenvalue weighted by atomic mass is 32.2. The van der Waals surface area contributed by atoms with Crippen molar-refractivity contribution in [2.45, 2.75) is 31.6 Å². The summed E-state index contributed by atoms with van der Waals surface area (Å²) in [6.45, 7) is 3.12. The van der Waals surface area contributed by atoms with Crippen molar-refractivity contribution < 1.29 is 18.3 Å². The van der Waals surface area contributed by atoms with Gasteiger partial charge >= 0.3 is 5.97 Å². The Morgan fingerprint density at radius 3 is 2.61 bits per heavy atom. The molecule has 0 aliphatic heterocycles. The van der Waals surface area contributed by atoms with Crippen molar-refractivity contribution in [2.75, 3.05) is 6.26 Å². The van der Waals surface area contributed by atoms with E-state index in [0.717, 1.165) is 27.1 Å². The van der Waals surface area contributed by atoms with Gasteiger partial charge in [-0.3, -0.25) is 9.59 Å². The predicted octanol–water partition coefficient (Wildman–Crippen LogP) is 2.71. The summed E-state index contributed by atoms with van der Waals surface area (Å²) in [4.78, 5) is 29.7. The molecule has 148 valence electrons. The number of pyridine rings is 1. The van der Waals surface area contributed by atoms with Crippen LogP contribution in [0.25, 0.3) is 21.3 Å². The van der Waals surface area contributed by atoms with Crippen LogP contribution in [0.3, 0.4) is 0 Å². The number of sulfone groups is 1. The zero-order chi connectivity index (χ0) is 20.7. The molecule has 3 aromatic rings. The Balaban J connectivity index is 1.95. The van der Waals surface area contributed by atoms with Crippen molar-refractivity contribution in [3.63, 3.8) is 0 Å². The van der Waals surface area contributed by atoms with Gasteiger partial charge in [0, 0.05) is 41.0 Å². The first-order chi connectivity index (χ1) is 13.0. The van der Waals surface area contributed by atoms with Gasteiger partial charge in [-0.05, 0) is 43.9 Å². The largest absolute Gasteiger partial charge is 0.480 e. The molecule has 0 spiro atoms. The molecule has 1 atom stereocenters. The molecule has 7 nitrogen and oxygen atoms in total. The number of carbonyl (C=O) groups is 1. The first-order valence-electron chi connectivity index (χ1n) is 8.52. The molecule has 9 heteroatoms. The summed E-state index contributed by atoms with van der Waals surface area (Å²) in [5.74, 6) is -1.42. The van der Waals surface area contributed by atoms with Gasteiger partial charge in [0.2, 0.25) is 0 Å². The molecule has 0 aliphatic carbocycles. The van der Waals surface area contributed by atoms with E-state index in [1.807, 2.05) is 19.1 Å². The van der Waals surface area contributed by atoms with E-state index in [-0.39, 0.29) is 18.5 Å². The number of hydrogen-bond acceptors (Lipinski definition) is 6. The van der Waals surface area contributed by atoms with E-state index < -0.39 is 20.6 Å². The molecule has 1 N–H and O–H groups in total. The van der Waals surface area contributed by atoms with Gasteiger partial charge in [0.25, 0.3) is 5.56 Å². The maximum absolute atomic E-state index is 12.8. The number of aromatic nitrogens is 2. The third-order valence-electron chi connectivity index (χ3n) is 4.95. The fourth-order valence-electron chi connectivity index (χ4n) is 2.87. The Kier molecular flexibility index (Phi) is 5.16. The second kappa shape index (κ2) is 7.14. The van der Waals surface area contributed by atoms with Crippen molar-refractivity contribution in [1.82, 2.24) is 9.55 Å². The average molecular weight is 421 g/mol. The Labute approximate surface area is 166 Å². The number of benzene rings is 1. The Morgan fingerprint density at radius 2 is 2.04 bits per heavy atom. The minimum Gasteiger partial charge on any atom is -0.480 e. The number of fused-ring (bicyclic) bond motifs is 1. The summed E-state index contributed by atoms with van der Waals surface area (Å²) in [6, 6.07) is 7.19. The quantitative estimate of drug-likeness (QED) is 0.657. The normalized spacial score (nSPS) is 14.1. The molecular weight excluding hydrogens is 400 g/mol. The van der Waals surface area contributed by atoms with Crippen LogP contribution in [0.2, 0.25) is 0 Å². The van der Waals surface area contributed by atoms with E-state index in [1.54, 1.807) is 35.9 Å². The van der Waals surface area contributed by atoms with Crippen LogP contribution in [0.4, 0.5) is 0 Å². The van der Waals surface area contributed by atoms with Crippen LogP contribution >= 0.6 is 11.3 Å². The van der Waals surface area contributed by atoms with Crippen LogP contribution in [0.15, 0.2) is 41.5 Å². The summed E-state index contributed by atoms with van der Waals surface area (Å²) >= 11 is 1.57. The minimum atomic E-state index is -3.84. The number of hydrogen-bond donors (Lipinski definition) is 1. The van der Waals surface area contributed by atoms with Crippen LogP contribution in [0.5, 0.6) is 0 Å². The number of aryl methyl sites for hydroxylation is 2. The minimum absolute atomic E-state index is 0.0158. The van der Waals surface area contributed by atoms with Crippen LogP contribution < -0.4 is 5.56 Å².